The molecule has 1 saturated heterocycles. The Morgan fingerprint density at radius 2 is 1.76 bits per heavy atom. The van der Waals surface area contributed by atoms with Crippen LogP contribution in [0.5, 0.6) is 17.2 Å². The molecule has 1 aromatic carbocycles. The van der Waals surface area contributed by atoms with E-state index in [1.165, 1.54) is 0 Å². The number of halogens is 2. The van der Waals surface area contributed by atoms with Crippen LogP contribution in [-0.2, 0) is 0 Å². The fraction of sp³-hybridized carbons (Fsp3) is 0.571. The minimum Gasteiger partial charge on any atom is -0.507 e. The lowest BCUT2D eigenvalue weighted by Gasteiger charge is -2.33. The van der Waals surface area contributed by atoms with Gasteiger partial charge in [-0.3, -0.25) is 4.90 Å². The fourth-order valence-corrected chi connectivity index (χ4v) is 2.55. The number of benzene rings is 1. The summed E-state index contributed by atoms with van der Waals surface area (Å²) in [6.45, 7) is 5.98. The second-order valence-electron chi connectivity index (χ2n) is 4.72. The third-order valence-electron chi connectivity index (χ3n) is 3.67. The van der Waals surface area contributed by atoms with Gasteiger partial charge in [-0.05, 0) is 6.92 Å². The molecule has 1 atom stereocenters. The summed E-state index contributed by atoms with van der Waals surface area (Å²) in [5, 5.41) is 13.6. The normalized spacial score (nSPS) is 16.3. The lowest BCUT2D eigenvalue weighted by Crippen LogP contribution is -2.44. The van der Waals surface area contributed by atoms with Crippen LogP contribution in [0.25, 0.3) is 0 Å². The average molecular weight is 339 g/mol. The number of hydrogen-bond donors (Lipinski definition) is 2. The van der Waals surface area contributed by atoms with Crippen molar-refractivity contribution in [1.29, 1.82) is 0 Å². The fourth-order valence-electron chi connectivity index (χ4n) is 2.55. The van der Waals surface area contributed by atoms with E-state index in [4.69, 9.17) is 9.47 Å². The molecule has 1 aliphatic rings. The van der Waals surface area contributed by atoms with Gasteiger partial charge in [0.05, 0.1) is 19.8 Å². The summed E-state index contributed by atoms with van der Waals surface area (Å²) in [5.41, 5.74) is 0.824. The number of rotatable bonds is 4. The molecule has 2 N–H and O–H groups in total. The highest BCUT2D eigenvalue weighted by atomic mass is 35.5. The van der Waals surface area contributed by atoms with Gasteiger partial charge >= 0.3 is 0 Å². The third-order valence-corrected chi connectivity index (χ3v) is 3.67. The Hall–Kier alpha value is -0.880. The van der Waals surface area contributed by atoms with Gasteiger partial charge in [0.25, 0.3) is 0 Å². The molecule has 0 aromatic heterocycles. The van der Waals surface area contributed by atoms with E-state index in [0.29, 0.717) is 11.5 Å². The first kappa shape index (κ1) is 20.1. The predicted octanol–water partition coefficient (Wildman–Crippen LogP) is 2.22. The average Bonchev–Trinajstić information content (AvgIpc) is 2.46. The Balaban J connectivity index is 0.00000200. The zero-order valence-corrected chi connectivity index (χ0v) is 14.2. The summed E-state index contributed by atoms with van der Waals surface area (Å²) in [4.78, 5) is 2.33. The summed E-state index contributed by atoms with van der Waals surface area (Å²) in [5.74, 6) is 1.50. The molecular formula is C14H24Cl2N2O3. The van der Waals surface area contributed by atoms with Crippen LogP contribution < -0.4 is 14.8 Å². The van der Waals surface area contributed by atoms with Crippen LogP contribution in [0.2, 0.25) is 0 Å². The molecule has 0 saturated carbocycles. The summed E-state index contributed by atoms with van der Waals surface area (Å²) in [6.07, 6.45) is 0. The van der Waals surface area contributed by atoms with E-state index < -0.39 is 0 Å². The van der Waals surface area contributed by atoms with Gasteiger partial charge in [-0.2, -0.15) is 0 Å². The van der Waals surface area contributed by atoms with Crippen molar-refractivity contribution in [3.8, 4) is 17.2 Å². The van der Waals surface area contributed by atoms with Crippen molar-refractivity contribution in [2.75, 3.05) is 40.4 Å². The van der Waals surface area contributed by atoms with Gasteiger partial charge in [0.2, 0.25) is 0 Å². The van der Waals surface area contributed by atoms with Gasteiger partial charge in [-0.15, -0.1) is 24.8 Å². The van der Waals surface area contributed by atoms with Crippen LogP contribution in [0.1, 0.15) is 18.5 Å². The molecule has 0 amide bonds. The van der Waals surface area contributed by atoms with Crippen molar-refractivity contribution in [3.63, 3.8) is 0 Å². The topological polar surface area (TPSA) is 54.0 Å². The zero-order chi connectivity index (χ0) is 13.8. The van der Waals surface area contributed by atoms with E-state index in [2.05, 4.69) is 17.1 Å². The number of methoxy groups -OCH3 is 2. The zero-order valence-electron chi connectivity index (χ0n) is 12.6. The molecule has 122 valence electrons. The molecule has 1 fully saturated rings. The second-order valence-corrected chi connectivity index (χ2v) is 4.72. The smallest absolute Gasteiger partial charge is 0.131 e. The second kappa shape index (κ2) is 9.20. The SMILES string of the molecule is COc1cc(O)c([C@H](C)N2CCNCC2)c(OC)c1.Cl.Cl. The number of phenolic OH excluding ortho intramolecular Hbond substituents is 1. The highest BCUT2D eigenvalue weighted by molar-refractivity contribution is 5.85. The van der Waals surface area contributed by atoms with Gasteiger partial charge in [0.15, 0.2) is 0 Å². The molecule has 0 bridgehead atoms. The van der Waals surface area contributed by atoms with E-state index in [-0.39, 0.29) is 36.6 Å². The number of nitrogens with zero attached hydrogens (tertiary/aromatic N) is 1. The monoisotopic (exact) mass is 338 g/mol. The maximum Gasteiger partial charge on any atom is 0.131 e. The first-order chi connectivity index (χ1) is 9.17. The summed E-state index contributed by atoms with van der Waals surface area (Å²) in [6, 6.07) is 3.56. The minimum atomic E-state index is 0. The lowest BCUT2D eigenvalue weighted by atomic mass is 10.0. The first-order valence-electron chi connectivity index (χ1n) is 6.57. The van der Waals surface area contributed by atoms with Crippen molar-refractivity contribution in [2.24, 2.45) is 0 Å². The van der Waals surface area contributed by atoms with Gasteiger partial charge in [0.1, 0.15) is 17.2 Å². The molecule has 1 heterocycles. The van der Waals surface area contributed by atoms with Gasteiger partial charge in [-0.25, -0.2) is 0 Å². The predicted molar refractivity (Wildman–Crippen MR) is 88.6 cm³/mol. The Labute approximate surface area is 138 Å². The largest absolute Gasteiger partial charge is 0.507 e. The Morgan fingerprint density at radius 1 is 1.14 bits per heavy atom. The third kappa shape index (κ3) is 4.54. The number of aromatic hydroxyl groups is 1. The molecule has 0 spiro atoms. The molecule has 1 aromatic rings. The van der Waals surface area contributed by atoms with Crippen molar-refractivity contribution >= 4 is 24.8 Å². The number of nitrogens with one attached hydrogen (secondary N) is 1. The maximum absolute atomic E-state index is 10.2. The lowest BCUT2D eigenvalue weighted by molar-refractivity contribution is 0.179. The standard InChI is InChI=1S/C14H22N2O3.2ClH/c1-10(16-6-4-15-5-7-16)14-12(17)8-11(18-2)9-13(14)19-3;;/h8-10,15,17H,4-7H2,1-3H3;2*1H/t10-;;/m0../s1. The molecule has 7 heteroatoms. The van der Waals surface area contributed by atoms with Crippen LogP contribution in [0.3, 0.4) is 0 Å². The van der Waals surface area contributed by atoms with E-state index >= 15 is 0 Å². The van der Waals surface area contributed by atoms with Crippen LogP contribution in [0.15, 0.2) is 12.1 Å². The molecule has 0 radical (unpaired) electrons. The van der Waals surface area contributed by atoms with Crippen LogP contribution in [-0.4, -0.2) is 50.4 Å². The van der Waals surface area contributed by atoms with Crippen LogP contribution in [0, 0.1) is 0 Å². The molecule has 2 rings (SSSR count). The Kier molecular flexibility index (Phi) is 8.82. The number of ether oxygens (including phenoxy) is 2. The van der Waals surface area contributed by atoms with E-state index in [0.717, 1.165) is 31.7 Å². The molecule has 0 unspecified atom stereocenters. The summed E-state index contributed by atoms with van der Waals surface area (Å²) in [7, 11) is 3.19. The van der Waals surface area contributed by atoms with Crippen molar-refractivity contribution in [2.45, 2.75) is 13.0 Å². The van der Waals surface area contributed by atoms with Gasteiger partial charge in [-0.1, -0.05) is 0 Å². The summed E-state index contributed by atoms with van der Waals surface area (Å²) >= 11 is 0. The quantitative estimate of drug-likeness (QED) is 0.881. The first-order valence-corrected chi connectivity index (χ1v) is 6.57. The van der Waals surface area contributed by atoms with Gasteiger partial charge in [0, 0.05) is 44.4 Å². The van der Waals surface area contributed by atoms with Crippen molar-refractivity contribution in [1.82, 2.24) is 10.2 Å². The van der Waals surface area contributed by atoms with E-state index in [1.807, 2.05) is 6.07 Å². The highest BCUT2D eigenvalue weighted by Gasteiger charge is 2.24. The Morgan fingerprint density at radius 3 is 2.29 bits per heavy atom. The Bertz CT molecular complexity index is 440. The molecular weight excluding hydrogens is 315 g/mol. The summed E-state index contributed by atoms with van der Waals surface area (Å²) < 4.78 is 10.6. The van der Waals surface area contributed by atoms with Crippen molar-refractivity contribution in [3.05, 3.63) is 17.7 Å². The number of hydrogen-bond acceptors (Lipinski definition) is 5. The molecule has 1 aliphatic heterocycles. The van der Waals surface area contributed by atoms with E-state index in [9.17, 15) is 5.11 Å². The molecule has 0 aliphatic carbocycles. The minimum absolute atomic E-state index is 0. The highest BCUT2D eigenvalue weighted by Crippen LogP contribution is 2.39. The molecule has 5 nitrogen and oxygen atoms in total. The van der Waals surface area contributed by atoms with Gasteiger partial charge < -0.3 is 19.9 Å². The number of piperazine rings is 1. The van der Waals surface area contributed by atoms with E-state index in [1.54, 1.807) is 20.3 Å². The van der Waals surface area contributed by atoms with Crippen LogP contribution >= 0.6 is 24.8 Å². The number of phenols is 1. The van der Waals surface area contributed by atoms with Crippen LogP contribution in [0.4, 0.5) is 0 Å². The van der Waals surface area contributed by atoms with Crippen molar-refractivity contribution < 1.29 is 14.6 Å². The maximum atomic E-state index is 10.2. The molecule has 21 heavy (non-hydrogen) atoms.